The predicted molar refractivity (Wildman–Crippen MR) is 64.8 cm³/mol. The van der Waals surface area contributed by atoms with E-state index < -0.39 is 5.82 Å². The van der Waals surface area contributed by atoms with Crippen LogP contribution in [0.4, 0.5) is 4.39 Å². The Morgan fingerprint density at radius 2 is 2.21 bits per heavy atom. The van der Waals surface area contributed by atoms with E-state index in [0.29, 0.717) is 19.0 Å². The van der Waals surface area contributed by atoms with Gasteiger partial charge in [-0.15, -0.1) is 0 Å². The third-order valence-corrected chi connectivity index (χ3v) is 3.45. The minimum Gasteiger partial charge on any atom is -0.347 e. The molecule has 1 N–H and O–H groups in total. The Kier molecular flexibility index (Phi) is 2.93. The third-order valence-electron chi connectivity index (χ3n) is 3.45. The molecule has 0 bridgehead atoms. The topological polar surface area (TPSA) is 62.3 Å². The summed E-state index contributed by atoms with van der Waals surface area (Å²) in [4.78, 5) is 29.1. The first-order valence-electron chi connectivity index (χ1n) is 6.34. The van der Waals surface area contributed by atoms with Crippen molar-refractivity contribution in [1.29, 1.82) is 0 Å². The number of amides is 2. The lowest BCUT2D eigenvalue weighted by molar-refractivity contribution is -0.128. The lowest BCUT2D eigenvalue weighted by Crippen LogP contribution is -2.37. The molecule has 2 aliphatic rings. The van der Waals surface area contributed by atoms with Crippen LogP contribution in [0.1, 0.15) is 29.6 Å². The van der Waals surface area contributed by atoms with E-state index in [-0.39, 0.29) is 23.4 Å². The van der Waals surface area contributed by atoms with Gasteiger partial charge in [0, 0.05) is 25.2 Å². The van der Waals surface area contributed by atoms with Crippen LogP contribution in [-0.4, -0.2) is 40.3 Å². The fourth-order valence-corrected chi connectivity index (χ4v) is 2.37. The number of hydrogen-bond acceptors (Lipinski definition) is 3. The lowest BCUT2D eigenvalue weighted by atomic mass is 10.2. The Morgan fingerprint density at radius 1 is 1.42 bits per heavy atom. The van der Waals surface area contributed by atoms with Crippen molar-refractivity contribution in [3.05, 3.63) is 29.8 Å². The van der Waals surface area contributed by atoms with E-state index in [1.54, 1.807) is 0 Å². The van der Waals surface area contributed by atoms with E-state index >= 15 is 0 Å². The Hall–Kier alpha value is -1.98. The van der Waals surface area contributed by atoms with Crippen LogP contribution in [0.3, 0.4) is 0 Å². The van der Waals surface area contributed by atoms with Crippen molar-refractivity contribution in [3.8, 4) is 0 Å². The molecular weight excluding hydrogens is 249 g/mol. The molecule has 1 saturated heterocycles. The molecule has 3 rings (SSSR count). The molecule has 1 saturated carbocycles. The smallest absolute Gasteiger partial charge is 0.253 e. The van der Waals surface area contributed by atoms with Crippen LogP contribution in [0.2, 0.25) is 0 Å². The van der Waals surface area contributed by atoms with E-state index in [9.17, 15) is 14.0 Å². The highest BCUT2D eigenvalue weighted by atomic mass is 19.1. The van der Waals surface area contributed by atoms with Crippen LogP contribution in [-0.2, 0) is 4.79 Å². The van der Waals surface area contributed by atoms with Crippen molar-refractivity contribution in [3.63, 3.8) is 0 Å². The van der Waals surface area contributed by atoms with Crippen molar-refractivity contribution in [2.24, 2.45) is 0 Å². The maximum Gasteiger partial charge on any atom is 0.253 e. The first kappa shape index (κ1) is 12.1. The molecule has 1 aromatic heterocycles. The molecular formula is C13H14FN3O2. The van der Waals surface area contributed by atoms with E-state index in [2.05, 4.69) is 10.3 Å². The second-order valence-corrected chi connectivity index (χ2v) is 5.04. The number of halogens is 1. The van der Waals surface area contributed by atoms with Crippen LogP contribution in [0.25, 0.3) is 0 Å². The Balaban J connectivity index is 1.62. The second-order valence-electron chi connectivity index (χ2n) is 5.04. The summed E-state index contributed by atoms with van der Waals surface area (Å²) >= 11 is 0. The summed E-state index contributed by atoms with van der Waals surface area (Å²) in [6.07, 6.45) is 4.80. The molecule has 19 heavy (non-hydrogen) atoms. The number of likely N-dealkylation sites (tertiary alicyclic amines) is 1. The largest absolute Gasteiger partial charge is 0.347 e. The van der Waals surface area contributed by atoms with Crippen LogP contribution in [0, 0.1) is 5.82 Å². The maximum absolute atomic E-state index is 13.0. The molecule has 1 aromatic rings. The predicted octanol–water partition coefficient (Wildman–Crippen LogP) is 0.714. The fraction of sp³-hybridized carbons (Fsp3) is 0.462. The summed E-state index contributed by atoms with van der Waals surface area (Å²) in [6, 6.07) is 1.31. The zero-order valence-corrected chi connectivity index (χ0v) is 10.3. The van der Waals surface area contributed by atoms with Crippen molar-refractivity contribution in [2.45, 2.75) is 31.3 Å². The Labute approximate surface area is 109 Å². The van der Waals surface area contributed by atoms with Crippen molar-refractivity contribution in [1.82, 2.24) is 15.2 Å². The summed E-state index contributed by atoms with van der Waals surface area (Å²) in [5, 5.41) is 2.76. The molecule has 2 amide bonds. The number of aromatic nitrogens is 1. The third kappa shape index (κ3) is 2.57. The summed E-state index contributed by atoms with van der Waals surface area (Å²) < 4.78 is 13.0. The zero-order chi connectivity index (χ0) is 13.4. The standard InChI is InChI=1S/C13H14FN3O2/c14-9-3-8(5-15-6-9)13(19)16-10-4-12(18)17(7-10)11-1-2-11/h3,5-6,10-11H,1-2,4,7H2,(H,16,19)/t10-/m1/s1. The van der Waals surface area contributed by atoms with E-state index in [1.165, 1.54) is 6.20 Å². The van der Waals surface area contributed by atoms with Crippen molar-refractivity contribution < 1.29 is 14.0 Å². The minimum absolute atomic E-state index is 0.0881. The van der Waals surface area contributed by atoms with Crippen LogP contribution in [0.15, 0.2) is 18.5 Å². The highest BCUT2D eigenvalue weighted by molar-refractivity contribution is 5.94. The molecule has 0 radical (unpaired) electrons. The highest BCUT2D eigenvalue weighted by Crippen LogP contribution is 2.30. The van der Waals surface area contributed by atoms with Gasteiger partial charge >= 0.3 is 0 Å². The summed E-state index contributed by atoms with van der Waals surface area (Å²) in [7, 11) is 0. The van der Waals surface area contributed by atoms with Gasteiger partial charge in [0.25, 0.3) is 5.91 Å². The Morgan fingerprint density at radius 3 is 2.89 bits per heavy atom. The highest BCUT2D eigenvalue weighted by Gasteiger charge is 2.39. The molecule has 1 aliphatic heterocycles. The van der Waals surface area contributed by atoms with Crippen molar-refractivity contribution >= 4 is 11.8 Å². The molecule has 0 unspecified atom stereocenters. The number of nitrogens with one attached hydrogen (secondary N) is 1. The van der Waals surface area contributed by atoms with Gasteiger partial charge in [0.05, 0.1) is 17.8 Å². The van der Waals surface area contributed by atoms with Gasteiger partial charge < -0.3 is 10.2 Å². The number of nitrogens with zero attached hydrogens (tertiary/aromatic N) is 2. The number of pyridine rings is 1. The number of hydrogen-bond donors (Lipinski definition) is 1. The number of rotatable bonds is 3. The molecule has 2 heterocycles. The molecule has 100 valence electrons. The summed E-state index contributed by atoms with van der Waals surface area (Å²) in [6.45, 7) is 0.554. The van der Waals surface area contributed by atoms with E-state index in [1.807, 2.05) is 4.90 Å². The molecule has 2 fully saturated rings. The van der Waals surface area contributed by atoms with E-state index in [4.69, 9.17) is 0 Å². The van der Waals surface area contributed by atoms with Gasteiger partial charge in [0.2, 0.25) is 5.91 Å². The summed E-state index contributed by atoms with van der Waals surface area (Å²) in [5.41, 5.74) is 0.178. The van der Waals surface area contributed by atoms with Gasteiger partial charge in [-0.3, -0.25) is 14.6 Å². The van der Waals surface area contributed by atoms with Gasteiger partial charge in [-0.1, -0.05) is 0 Å². The molecule has 6 heteroatoms. The molecule has 0 spiro atoms. The molecule has 0 aromatic carbocycles. The fourth-order valence-electron chi connectivity index (χ4n) is 2.37. The maximum atomic E-state index is 13.0. The SMILES string of the molecule is O=C(N[C@@H]1CC(=O)N(C2CC2)C1)c1cncc(F)c1. The first-order valence-corrected chi connectivity index (χ1v) is 6.34. The van der Waals surface area contributed by atoms with Crippen molar-refractivity contribution in [2.75, 3.05) is 6.54 Å². The van der Waals surface area contributed by atoms with E-state index in [0.717, 1.165) is 25.1 Å². The molecule has 1 atom stereocenters. The van der Waals surface area contributed by atoms with Gasteiger partial charge in [-0.2, -0.15) is 0 Å². The van der Waals surface area contributed by atoms with Gasteiger partial charge in [-0.05, 0) is 18.9 Å². The quantitative estimate of drug-likeness (QED) is 0.873. The lowest BCUT2D eigenvalue weighted by Gasteiger charge is -2.16. The zero-order valence-electron chi connectivity index (χ0n) is 10.3. The summed E-state index contributed by atoms with van der Waals surface area (Å²) in [5.74, 6) is -0.845. The van der Waals surface area contributed by atoms with Gasteiger partial charge in [-0.25, -0.2) is 4.39 Å². The number of carbonyl (C=O) groups is 2. The second kappa shape index (κ2) is 4.60. The average molecular weight is 263 g/mol. The minimum atomic E-state index is -0.547. The monoisotopic (exact) mass is 263 g/mol. The van der Waals surface area contributed by atoms with Gasteiger partial charge in [0.1, 0.15) is 5.82 Å². The first-order chi connectivity index (χ1) is 9.13. The molecule has 5 nitrogen and oxygen atoms in total. The van der Waals surface area contributed by atoms with Crippen LogP contribution < -0.4 is 5.32 Å². The molecule has 1 aliphatic carbocycles. The Bertz CT molecular complexity index is 530. The normalized spacial score (nSPS) is 22.7. The number of carbonyl (C=O) groups excluding carboxylic acids is 2. The van der Waals surface area contributed by atoms with Crippen LogP contribution >= 0.6 is 0 Å². The van der Waals surface area contributed by atoms with Gasteiger partial charge in [0.15, 0.2) is 0 Å². The van der Waals surface area contributed by atoms with Crippen LogP contribution in [0.5, 0.6) is 0 Å². The average Bonchev–Trinajstić information content (AvgIpc) is 3.14.